The van der Waals surface area contributed by atoms with E-state index in [0.29, 0.717) is 59.2 Å². The number of Topliss-reactive ketones (excluding diaryl/α,β-unsaturated/α-hetero) is 2. The van der Waals surface area contributed by atoms with E-state index in [0.717, 1.165) is 16.5 Å². The van der Waals surface area contributed by atoms with E-state index in [-0.39, 0.29) is 30.0 Å². The molecule has 6 nitrogen and oxygen atoms in total. The summed E-state index contributed by atoms with van der Waals surface area (Å²) >= 11 is 9.81. The van der Waals surface area contributed by atoms with Gasteiger partial charge < -0.3 is 14.8 Å². The Hall–Kier alpha value is -3.00. The molecule has 0 aromatic heterocycles. The molecule has 8 heteroatoms. The van der Waals surface area contributed by atoms with Crippen molar-refractivity contribution in [1.29, 1.82) is 0 Å². The average Bonchev–Trinajstić information content (AvgIpc) is 3.42. The van der Waals surface area contributed by atoms with Crippen molar-refractivity contribution in [3.8, 4) is 5.75 Å². The third-order valence-electron chi connectivity index (χ3n) is 6.75. The summed E-state index contributed by atoms with van der Waals surface area (Å²) in [5.74, 6) is 0.0841. The zero-order valence-corrected chi connectivity index (χ0v) is 25.2. The SMILES string of the molecule is CC(C)(C)C(=O)CCc1ccc(Cl)c(C(=O)Cc2ccc(OC3CCOC3)c(C(=O)Nc3ccc(Br)cc3)c2)c1. The van der Waals surface area contributed by atoms with Gasteiger partial charge >= 0.3 is 0 Å². The van der Waals surface area contributed by atoms with Gasteiger partial charge in [-0.3, -0.25) is 14.4 Å². The Morgan fingerprint density at radius 2 is 1.70 bits per heavy atom. The van der Waals surface area contributed by atoms with Crippen LogP contribution in [0.5, 0.6) is 5.75 Å². The Kier molecular flexibility index (Phi) is 9.82. The summed E-state index contributed by atoms with van der Waals surface area (Å²) in [5.41, 5.74) is 2.49. The minimum Gasteiger partial charge on any atom is -0.487 e. The first kappa shape index (κ1) is 30.0. The van der Waals surface area contributed by atoms with Crippen LogP contribution in [-0.2, 0) is 22.4 Å². The molecule has 40 heavy (non-hydrogen) atoms. The zero-order chi connectivity index (χ0) is 28.9. The van der Waals surface area contributed by atoms with E-state index in [1.807, 2.05) is 39.0 Å². The highest BCUT2D eigenvalue weighted by atomic mass is 79.9. The largest absolute Gasteiger partial charge is 0.487 e. The van der Waals surface area contributed by atoms with Gasteiger partial charge in [-0.15, -0.1) is 0 Å². The zero-order valence-electron chi connectivity index (χ0n) is 22.9. The van der Waals surface area contributed by atoms with Crippen LogP contribution in [0.25, 0.3) is 0 Å². The fourth-order valence-electron chi connectivity index (χ4n) is 4.34. The van der Waals surface area contributed by atoms with Crippen LogP contribution >= 0.6 is 27.5 Å². The topological polar surface area (TPSA) is 81.7 Å². The second kappa shape index (κ2) is 13.1. The number of hydrogen-bond acceptors (Lipinski definition) is 5. The molecule has 0 bridgehead atoms. The van der Waals surface area contributed by atoms with Gasteiger partial charge in [0.2, 0.25) is 0 Å². The van der Waals surface area contributed by atoms with Crippen LogP contribution in [0.15, 0.2) is 65.1 Å². The summed E-state index contributed by atoms with van der Waals surface area (Å²) < 4.78 is 12.4. The maximum atomic E-state index is 13.3. The first-order chi connectivity index (χ1) is 19.0. The van der Waals surface area contributed by atoms with Crippen molar-refractivity contribution in [1.82, 2.24) is 0 Å². The molecule has 3 aromatic rings. The number of carbonyl (C=O) groups excluding carboxylic acids is 3. The Bertz CT molecular complexity index is 1390. The van der Waals surface area contributed by atoms with Crippen molar-refractivity contribution in [2.45, 2.75) is 52.6 Å². The standard InChI is InChI=1S/C32H33BrClNO5/c1-32(2,3)30(37)13-6-20-4-11-27(34)25(16-20)28(36)18-21-5-12-29(40-24-14-15-39-19-24)26(17-21)31(38)35-23-9-7-22(33)8-10-23/h4-5,7-12,16-17,24H,6,13-15,18-19H2,1-3H3,(H,35,38). The lowest BCUT2D eigenvalue weighted by Gasteiger charge is -2.17. The van der Waals surface area contributed by atoms with E-state index < -0.39 is 5.41 Å². The first-order valence-electron chi connectivity index (χ1n) is 13.3. The van der Waals surface area contributed by atoms with Gasteiger partial charge in [0.25, 0.3) is 5.91 Å². The number of nitrogens with one attached hydrogen (secondary N) is 1. The molecule has 1 amide bonds. The maximum absolute atomic E-state index is 13.3. The fourth-order valence-corrected chi connectivity index (χ4v) is 4.83. The third kappa shape index (κ3) is 8.03. The van der Waals surface area contributed by atoms with E-state index in [4.69, 9.17) is 21.1 Å². The molecule has 0 radical (unpaired) electrons. The van der Waals surface area contributed by atoms with Gasteiger partial charge in [-0.1, -0.05) is 60.4 Å². The van der Waals surface area contributed by atoms with Crippen LogP contribution in [-0.4, -0.2) is 36.8 Å². The summed E-state index contributed by atoms with van der Waals surface area (Å²) in [5, 5.41) is 3.26. The molecule has 0 saturated carbocycles. The van der Waals surface area contributed by atoms with Crippen molar-refractivity contribution in [2.75, 3.05) is 18.5 Å². The van der Waals surface area contributed by atoms with E-state index in [1.54, 1.807) is 42.5 Å². The predicted octanol–water partition coefficient (Wildman–Crippen LogP) is 7.50. The van der Waals surface area contributed by atoms with Gasteiger partial charge in [0, 0.05) is 40.4 Å². The average molecular weight is 627 g/mol. The minimum atomic E-state index is -0.410. The summed E-state index contributed by atoms with van der Waals surface area (Å²) in [6.45, 7) is 6.78. The molecule has 210 valence electrons. The summed E-state index contributed by atoms with van der Waals surface area (Å²) in [4.78, 5) is 39.1. The Morgan fingerprint density at radius 3 is 2.38 bits per heavy atom. The van der Waals surface area contributed by atoms with Crippen molar-refractivity contribution in [3.63, 3.8) is 0 Å². The highest BCUT2D eigenvalue weighted by Gasteiger charge is 2.23. The number of ether oxygens (including phenoxy) is 2. The van der Waals surface area contributed by atoms with E-state index >= 15 is 0 Å². The second-order valence-corrected chi connectivity index (χ2v) is 12.3. The summed E-state index contributed by atoms with van der Waals surface area (Å²) in [7, 11) is 0. The maximum Gasteiger partial charge on any atom is 0.259 e. The molecular formula is C32H33BrClNO5. The number of carbonyl (C=O) groups is 3. The van der Waals surface area contributed by atoms with Crippen molar-refractivity contribution in [2.24, 2.45) is 5.41 Å². The number of anilines is 1. The first-order valence-corrected chi connectivity index (χ1v) is 14.5. The Labute approximate surface area is 248 Å². The summed E-state index contributed by atoms with van der Waals surface area (Å²) in [6, 6.07) is 17.8. The third-order valence-corrected chi connectivity index (χ3v) is 7.60. The predicted molar refractivity (Wildman–Crippen MR) is 161 cm³/mol. The second-order valence-electron chi connectivity index (χ2n) is 11.0. The number of benzene rings is 3. The van der Waals surface area contributed by atoms with E-state index in [1.165, 1.54) is 0 Å². The highest BCUT2D eigenvalue weighted by molar-refractivity contribution is 9.10. The van der Waals surface area contributed by atoms with Crippen LogP contribution in [0.2, 0.25) is 5.02 Å². The lowest BCUT2D eigenvalue weighted by molar-refractivity contribution is -0.126. The molecule has 0 aliphatic carbocycles. The number of ketones is 2. The van der Waals surface area contributed by atoms with Crippen LogP contribution < -0.4 is 10.1 Å². The molecule has 0 spiro atoms. The van der Waals surface area contributed by atoms with Gasteiger partial charge in [-0.25, -0.2) is 0 Å². The lowest BCUT2D eigenvalue weighted by Crippen LogP contribution is -2.20. The molecule has 1 saturated heterocycles. The molecule has 1 atom stereocenters. The van der Waals surface area contributed by atoms with Crippen LogP contribution in [0, 0.1) is 5.41 Å². The number of hydrogen-bond donors (Lipinski definition) is 1. The molecule has 3 aromatic carbocycles. The number of amides is 1. The van der Waals surface area contributed by atoms with E-state index in [9.17, 15) is 14.4 Å². The lowest BCUT2D eigenvalue weighted by atomic mass is 9.87. The highest BCUT2D eigenvalue weighted by Crippen LogP contribution is 2.27. The minimum absolute atomic E-state index is 0.0511. The monoisotopic (exact) mass is 625 g/mol. The van der Waals surface area contributed by atoms with Gasteiger partial charge in [-0.05, 0) is 66.1 Å². The molecular weight excluding hydrogens is 594 g/mol. The Balaban J connectivity index is 1.54. The molecule has 4 rings (SSSR count). The molecule has 1 heterocycles. The fraction of sp³-hybridized carbons (Fsp3) is 0.344. The van der Waals surface area contributed by atoms with Gasteiger partial charge in [0.1, 0.15) is 17.6 Å². The van der Waals surface area contributed by atoms with Crippen molar-refractivity contribution in [3.05, 3.63) is 92.4 Å². The van der Waals surface area contributed by atoms with Crippen LogP contribution in [0.3, 0.4) is 0 Å². The van der Waals surface area contributed by atoms with Crippen molar-refractivity contribution >= 4 is 50.7 Å². The molecule has 1 aliphatic rings. The molecule has 1 aliphatic heterocycles. The number of aryl methyl sites for hydroxylation is 1. The van der Waals surface area contributed by atoms with E-state index in [2.05, 4.69) is 21.2 Å². The smallest absolute Gasteiger partial charge is 0.259 e. The van der Waals surface area contributed by atoms with Crippen LogP contribution in [0.1, 0.15) is 65.5 Å². The molecule has 1 fully saturated rings. The molecule has 1 unspecified atom stereocenters. The van der Waals surface area contributed by atoms with Crippen LogP contribution in [0.4, 0.5) is 5.69 Å². The normalized spacial score (nSPS) is 15.1. The van der Waals surface area contributed by atoms with Crippen molar-refractivity contribution < 1.29 is 23.9 Å². The molecule has 1 N–H and O–H groups in total. The number of halogens is 2. The Morgan fingerprint density at radius 1 is 1.00 bits per heavy atom. The van der Waals surface area contributed by atoms with Gasteiger partial charge in [0.05, 0.1) is 23.8 Å². The quantitative estimate of drug-likeness (QED) is 0.236. The van der Waals surface area contributed by atoms with Gasteiger partial charge in [-0.2, -0.15) is 0 Å². The summed E-state index contributed by atoms with van der Waals surface area (Å²) in [6.07, 6.45) is 1.58. The van der Waals surface area contributed by atoms with Gasteiger partial charge in [0.15, 0.2) is 5.78 Å². The number of rotatable bonds is 10.